The molecule has 0 unspecified atom stereocenters. The van der Waals surface area contributed by atoms with Crippen molar-refractivity contribution >= 4 is 41.8 Å². The Morgan fingerprint density at radius 2 is 2.04 bits per heavy atom. The van der Waals surface area contributed by atoms with E-state index in [1.807, 2.05) is 12.3 Å². The normalized spacial score (nSPS) is 12.2. The van der Waals surface area contributed by atoms with Crippen molar-refractivity contribution in [2.75, 3.05) is 31.6 Å². The summed E-state index contributed by atoms with van der Waals surface area (Å²) >= 11 is 3.40. The van der Waals surface area contributed by atoms with Crippen LogP contribution < -0.4 is 10.6 Å². The van der Waals surface area contributed by atoms with E-state index in [1.165, 1.54) is 0 Å². The van der Waals surface area contributed by atoms with E-state index in [0.717, 1.165) is 16.5 Å². The number of nitrogens with zero attached hydrogens (tertiary/aromatic N) is 3. The quantitative estimate of drug-likeness (QED) is 0.423. The van der Waals surface area contributed by atoms with Gasteiger partial charge in [-0.15, -0.1) is 0 Å². The lowest BCUT2D eigenvalue weighted by Gasteiger charge is -2.36. The lowest BCUT2D eigenvalue weighted by atomic mass is 10.2. The van der Waals surface area contributed by atoms with Crippen LogP contribution in [0.5, 0.6) is 0 Å². The summed E-state index contributed by atoms with van der Waals surface area (Å²) in [6, 6.07) is 1.81. The molecular formula is C18H30BrN5O3Si. The highest BCUT2D eigenvalue weighted by Gasteiger charge is 2.36. The van der Waals surface area contributed by atoms with E-state index in [0.29, 0.717) is 25.5 Å². The van der Waals surface area contributed by atoms with Crippen molar-refractivity contribution in [2.45, 2.75) is 45.3 Å². The highest BCUT2D eigenvalue weighted by Crippen LogP contribution is 2.36. The average molecular weight is 472 g/mol. The van der Waals surface area contributed by atoms with E-state index in [9.17, 15) is 4.79 Å². The number of amides is 1. The molecule has 0 atom stereocenters. The Morgan fingerprint density at radius 1 is 1.29 bits per heavy atom. The summed E-state index contributed by atoms with van der Waals surface area (Å²) in [5, 5.41) is 10.2. The molecule has 2 heterocycles. The maximum Gasteiger partial charge on any atom is 0.407 e. The van der Waals surface area contributed by atoms with Crippen LogP contribution in [0.15, 0.2) is 22.9 Å². The Morgan fingerprint density at radius 3 is 2.75 bits per heavy atom. The maximum absolute atomic E-state index is 11.7. The Bertz CT molecular complexity index is 791. The lowest BCUT2D eigenvalue weighted by Crippen LogP contribution is -2.41. The first-order chi connectivity index (χ1) is 13.1. The van der Waals surface area contributed by atoms with Crippen LogP contribution >= 0.6 is 15.9 Å². The predicted molar refractivity (Wildman–Crippen MR) is 116 cm³/mol. The largest absolute Gasteiger partial charge is 0.448 e. The minimum Gasteiger partial charge on any atom is -0.448 e. The molecule has 0 aliphatic heterocycles. The van der Waals surface area contributed by atoms with E-state index in [1.54, 1.807) is 10.7 Å². The molecule has 0 saturated carbocycles. The molecular weight excluding hydrogens is 442 g/mol. The molecule has 0 aliphatic rings. The molecule has 8 nitrogen and oxygen atoms in total. The Balaban J connectivity index is 1.58. The molecule has 156 valence electrons. The number of carbonyl (C=O) groups excluding carboxylic acids is 1. The Labute approximate surface area is 175 Å². The first-order valence-electron chi connectivity index (χ1n) is 9.38. The van der Waals surface area contributed by atoms with Crippen LogP contribution in [0.2, 0.25) is 18.1 Å². The molecule has 2 rings (SSSR count). The number of hydrogen-bond donors (Lipinski definition) is 2. The summed E-state index contributed by atoms with van der Waals surface area (Å²) < 4.78 is 13.7. The van der Waals surface area contributed by atoms with E-state index in [-0.39, 0.29) is 11.6 Å². The van der Waals surface area contributed by atoms with Gasteiger partial charge in [-0.1, -0.05) is 20.8 Å². The zero-order valence-electron chi connectivity index (χ0n) is 17.2. The van der Waals surface area contributed by atoms with Crippen molar-refractivity contribution in [3.8, 4) is 0 Å². The minimum absolute atomic E-state index is 0.194. The third-order valence-corrected chi connectivity index (χ3v) is 9.92. The highest BCUT2D eigenvalue weighted by atomic mass is 79.9. The molecule has 0 spiro atoms. The highest BCUT2D eigenvalue weighted by molar-refractivity contribution is 9.10. The van der Waals surface area contributed by atoms with Crippen molar-refractivity contribution < 1.29 is 14.0 Å². The molecule has 0 bridgehead atoms. The Kier molecular flexibility index (Phi) is 7.85. The van der Waals surface area contributed by atoms with Crippen LogP contribution in [-0.4, -0.2) is 55.3 Å². The fourth-order valence-corrected chi connectivity index (χ4v) is 3.57. The SMILES string of the molecule is CC(C)(C)[Si](C)(C)OCCCNC(=O)OCCNc1ccn2ncc(Br)c2n1. The molecule has 0 radical (unpaired) electrons. The lowest BCUT2D eigenvalue weighted by molar-refractivity contribution is 0.149. The van der Waals surface area contributed by atoms with Crippen LogP contribution in [0.4, 0.5) is 10.6 Å². The van der Waals surface area contributed by atoms with Gasteiger partial charge in [-0.2, -0.15) is 5.10 Å². The number of aromatic nitrogens is 3. The van der Waals surface area contributed by atoms with Gasteiger partial charge < -0.3 is 19.8 Å². The van der Waals surface area contributed by atoms with E-state index >= 15 is 0 Å². The smallest absolute Gasteiger partial charge is 0.407 e. The van der Waals surface area contributed by atoms with E-state index in [4.69, 9.17) is 9.16 Å². The van der Waals surface area contributed by atoms with Crippen LogP contribution in [0.1, 0.15) is 27.2 Å². The maximum atomic E-state index is 11.7. The van der Waals surface area contributed by atoms with Gasteiger partial charge in [0.1, 0.15) is 12.4 Å². The van der Waals surface area contributed by atoms with E-state index in [2.05, 4.69) is 70.5 Å². The number of carbonyl (C=O) groups is 1. The van der Waals surface area contributed by atoms with Gasteiger partial charge in [0.15, 0.2) is 14.0 Å². The predicted octanol–water partition coefficient (Wildman–Crippen LogP) is 4.04. The molecule has 28 heavy (non-hydrogen) atoms. The molecule has 10 heteroatoms. The van der Waals surface area contributed by atoms with Gasteiger partial charge in [-0.05, 0) is 46.5 Å². The molecule has 2 aromatic heterocycles. The summed E-state index contributed by atoms with van der Waals surface area (Å²) in [5.74, 6) is 0.695. The zero-order chi connectivity index (χ0) is 20.8. The topological polar surface area (TPSA) is 89.8 Å². The molecule has 0 aromatic carbocycles. The molecule has 0 saturated heterocycles. The average Bonchev–Trinajstić information content (AvgIpc) is 2.98. The van der Waals surface area contributed by atoms with E-state index < -0.39 is 14.4 Å². The van der Waals surface area contributed by atoms with Crippen molar-refractivity contribution in [3.63, 3.8) is 0 Å². The van der Waals surface area contributed by atoms with Gasteiger partial charge in [0, 0.05) is 19.3 Å². The number of ether oxygens (including phenoxy) is 1. The Hall–Kier alpha value is -1.65. The summed E-state index contributed by atoms with van der Waals surface area (Å²) in [6.07, 6.45) is 3.85. The number of rotatable bonds is 9. The summed E-state index contributed by atoms with van der Waals surface area (Å²) in [6.45, 7) is 13.0. The van der Waals surface area contributed by atoms with Crippen molar-refractivity contribution in [1.29, 1.82) is 0 Å². The number of halogens is 1. The molecule has 2 N–H and O–H groups in total. The van der Waals surface area contributed by atoms with Gasteiger partial charge in [-0.25, -0.2) is 14.3 Å². The third-order valence-electron chi connectivity index (χ3n) is 4.83. The number of fused-ring (bicyclic) bond motifs is 1. The number of alkyl carbamates (subject to hydrolysis) is 1. The number of nitrogens with one attached hydrogen (secondary N) is 2. The number of anilines is 1. The second-order valence-electron chi connectivity index (χ2n) is 8.03. The molecule has 0 aliphatic carbocycles. The zero-order valence-corrected chi connectivity index (χ0v) is 19.8. The van der Waals surface area contributed by atoms with Crippen LogP contribution in [-0.2, 0) is 9.16 Å². The van der Waals surface area contributed by atoms with Gasteiger partial charge in [-0.3, -0.25) is 0 Å². The number of hydrogen-bond acceptors (Lipinski definition) is 6. The second kappa shape index (κ2) is 9.70. The van der Waals surface area contributed by atoms with Crippen molar-refractivity contribution in [1.82, 2.24) is 19.9 Å². The summed E-state index contributed by atoms with van der Waals surface area (Å²) in [7, 11) is -1.72. The minimum atomic E-state index is -1.72. The monoisotopic (exact) mass is 471 g/mol. The molecule has 2 aromatic rings. The van der Waals surface area contributed by atoms with Crippen molar-refractivity contribution in [3.05, 3.63) is 22.9 Å². The van der Waals surface area contributed by atoms with Crippen LogP contribution in [0.25, 0.3) is 5.65 Å². The van der Waals surface area contributed by atoms with Crippen LogP contribution in [0.3, 0.4) is 0 Å². The third kappa shape index (κ3) is 6.45. The molecule has 1 amide bonds. The standard InChI is InChI=1S/C18H30BrN5O3Si/c1-18(2,3)28(4,5)27-11-6-8-21-17(25)26-12-9-20-15-7-10-24-16(23-15)14(19)13-22-24/h7,10,13H,6,8-9,11-12H2,1-5H3,(H,20,23)(H,21,25). The summed E-state index contributed by atoms with van der Waals surface area (Å²) in [5.41, 5.74) is 0.726. The fourth-order valence-electron chi connectivity index (χ4n) is 2.12. The van der Waals surface area contributed by atoms with Gasteiger partial charge in [0.2, 0.25) is 0 Å². The van der Waals surface area contributed by atoms with Crippen LogP contribution in [0, 0.1) is 0 Å². The second-order valence-corrected chi connectivity index (χ2v) is 13.7. The first-order valence-corrected chi connectivity index (χ1v) is 13.1. The summed E-state index contributed by atoms with van der Waals surface area (Å²) in [4.78, 5) is 16.2. The van der Waals surface area contributed by atoms with Gasteiger partial charge in [0.25, 0.3) is 0 Å². The molecule has 0 fully saturated rings. The first kappa shape index (κ1) is 22.6. The van der Waals surface area contributed by atoms with Crippen molar-refractivity contribution in [2.24, 2.45) is 0 Å². The van der Waals surface area contributed by atoms with Gasteiger partial charge in [0.05, 0.1) is 17.2 Å². The van der Waals surface area contributed by atoms with Gasteiger partial charge >= 0.3 is 6.09 Å². The fraction of sp³-hybridized carbons (Fsp3) is 0.611.